The molecule has 2 aromatic rings. The van der Waals surface area contributed by atoms with Crippen LogP contribution in [0.25, 0.3) is 0 Å². The molecule has 0 unspecified atom stereocenters. The van der Waals surface area contributed by atoms with Crippen LogP contribution in [0.2, 0.25) is 0 Å². The van der Waals surface area contributed by atoms with E-state index in [0.29, 0.717) is 5.75 Å². The number of benzene rings is 2. The minimum Gasteiger partial charge on any atom is -0.507 e. The first-order valence-corrected chi connectivity index (χ1v) is 10.2. The van der Waals surface area contributed by atoms with E-state index in [9.17, 15) is 5.11 Å². The van der Waals surface area contributed by atoms with Gasteiger partial charge in [-0.3, -0.25) is 4.90 Å². The zero-order valence-corrected chi connectivity index (χ0v) is 18.6. The van der Waals surface area contributed by atoms with E-state index in [1.54, 1.807) is 0 Å². The largest absolute Gasteiger partial charge is 0.507 e. The van der Waals surface area contributed by atoms with Gasteiger partial charge in [0.05, 0.1) is 0 Å². The standard InChI is InChI=1S/C25H35NO2/c1-16-22(17-12-10-9-11-13-17)28-23(26(16)8)19-14-18(24(2,3)4)15-20(21(19)27)25(5,6)7/h9-16,22-23,27H,1-8H3/t16-,22-,23+/m0/s1. The second-order valence-corrected chi connectivity index (χ2v) is 10.2. The third-order valence-electron chi connectivity index (χ3n) is 5.93. The van der Waals surface area contributed by atoms with Crippen molar-refractivity contribution >= 4 is 0 Å². The van der Waals surface area contributed by atoms with Gasteiger partial charge in [-0.2, -0.15) is 0 Å². The van der Waals surface area contributed by atoms with Crippen molar-refractivity contribution in [3.8, 4) is 5.75 Å². The first-order chi connectivity index (χ1) is 12.9. The number of aromatic hydroxyl groups is 1. The lowest BCUT2D eigenvalue weighted by atomic mass is 9.78. The average Bonchev–Trinajstić information content (AvgIpc) is 2.89. The minimum absolute atomic E-state index is 0.00985. The van der Waals surface area contributed by atoms with Gasteiger partial charge >= 0.3 is 0 Å². The highest BCUT2D eigenvalue weighted by atomic mass is 16.5. The first kappa shape index (κ1) is 20.9. The molecular formula is C25H35NO2. The predicted octanol–water partition coefficient (Wildman–Crippen LogP) is 6.08. The van der Waals surface area contributed by atoms with Crippen LogP contribution in [0.4, 0.5) is 0 Å². The van der Waals surface area contributed by atoms with E-state index in [0.717, 1.165) is 11.1 Å². The third-order valence-corrected chi connectivity index (χ3v) is 5.93. The Kier molecular flexibility index (Phi) is 5.37. The number of likely N-dealkylation sites (N-methyl/N-ethyl adjacent to an activating group) is 1. The molecule has 0 radical (unpaired) electrons. The summed E-state index contributed by atoms with van der Waals surface area (Å²) in [5.41, 5.74) is 4.07. The molecule has 3 heteroatoms. The molecule has 0 aromatic heterocycles. The number of hydrogen-bond acceptors (Lipinski definition) is 3. The van der Waals surface area contributed by atoms with Gasteiger partial charge in [0.2, 0.25) is 0 Å². The molecule has 0 amide bonds. The molecule has 2 aromatic carbocycles. The van der Waals surface area contributed by atoms with Gasteiger partial charge in [-0.05, 0) is 47.6 Å². The summed E-state index contributed by atoms with van der Waals surface area (Å²) in [5.74, 6) is 0.360. The molecule has 3 rings (SSSR count). The monoisotopic (exact) mass is 381 g/mol. The number of phenols is 1. The van der Waals surface area contributed by atoms with Crippen LogP contribution in [0.3, 0.4) is 0 Å². The summed E-state index contributed by atoms with van der Waals surface area (Å²) >= 11 is 0. The Morgan fingerprint density at radius 1 is 0.929 bits per heavy atom. The Morgan fingerprint density at radius 3 is 2.07 bits per heavy atom. The van der Waals surface area contributed by atoms with Crippen LogP contribution in [0.5, 0.6) is 5.75 Å². The normalized spacial score (nSPS) is 23.9. The van der Waals surface area contributed by atoms with Crippen molar-refractivity contribution in [3.05, 3.63) is 64.7 Å². The quantitative estimate of drug-likeness (QED) is 0.684. The van der Waals surface area contributed by atoms with Gasteiger partial charge in [0.15, 0.2) is 0 Å². The Balaban J connectivity index is 2.10. The Morgan fingerprint density at radius 2 is 1.54 bits per heavy atom. The molecule has 0 aliphatic carbocycles. The van der Waals surface area contributed by atoms with E-state index >= 15 is 0 Å². The number of phenolic OH excluding ortho intramolecular Hbond substituents is 1. The van der Waals surface area contributed by atoms with E-state index < -0.39 is 0 Å². The lowest BCUT2D eigenvalue weighted by Gasteiger charge is -2.30. The highest BCUT2D eigenvalue weighted by molar-refractivity contribution is 5.50. The van der Waals surface area contributed by atoms with Gasteiger partial charge < -0.3 is 9.84 Å². The minimum atomic E-state index is -0.274. The summed E-state index contributed by atoms with van der Waals surface area (Å²) in [5, 5.41) is 11.2. The van der Waals surface area contributed by atoms with E-state index in [1.807, 2.05) is 18.2 Å². The van der Waals surface area contributed by atoms with Crippen molar-refractivity contribution in [3.63, 3.8) is 0 Å². The fraction of sp³-hybridized carbons (Fsp3) is 0.520. The average molecular weight is 382 g/mol. The van der Waals surface area contributed by atoms with E-state index in [-0.39, 0.29) is 29.2 Å². The first-order valence-electron chi connectivity index (χ1n) is 10.2. The Bertz CT molecular complexity index is 830. The van der Waals surface area contributed by atoms with Gasteiger partial charge in [-0.25, -0.2) is 0 Å². The van der Waals surface area contributed by atoms with E-state index in [2.05, 4.69) is 84.7 Å². The fourth-order valence-corrected chi connectivity index (χ4v) is 3.92. The second-order valence-electron chi connectivity index (χ2n) is 10.2. The van der Waals surface area contributed by atoms with Crippen LogP contribution < -0.4 is 0 Å². The van der Waals surface area contributed by atoms with Crippen LogP contribution in [-0.2, 0) is 15.6 Å². The summed E-state index contributed by atoms with van der Waals surface area (Å²) in [7, 11) is 2.08. The van der Waals surface area contributed by atoms with Crippen LogP contribution in [0.1, 0.15) is 83.1 Å². The van der Waals surface area contributed by atoms with Gasteiger partial charge in [-0.15, -0.1) is 0 Å². The summed E-state index contributed by atoms with van der Waals surface area (Å²) in [6, 6.07) is 14.9. The molecule has 1 fully saturated rings. The predicted molar refractivity (Wildman–Crippen MR) is 116 cm³/mol. The van der Waals surface area contributed by atoms with Crippen LogP contribution >= 0.6 is 0 Å². The molecule has 3 atom stereocenters. The zero-order chi connectivity index (χ0) is 20.9. The van der Waals surface area contributed by atoms with Crippen molar-refractivity contribution in [1.82, 2.24) is 4.90 Å². The molecular weight excluding hydrogens is 346 g/mol. The van der Waals surface area contributed by atoms with Crippen LogP contribution in [0, 0.1) is 0 Å². The number of ether oxygens (including phenoxy) is 1. The molecule has 1 heterocycles. The fourth-order valence-electron chi connectivity index (χ4n) is 3.92. The van der Waals surface area contributed by atoms with Gasteiger partial charge in [-0.1, -0.05) is 77.9 Å². The number of hydrogen-bond donors (Lipinski definition) is 1. The molecule has 0 saturated carbocycles. The topological polar surface area (TPSA) is 32.7 Å². The van der Waals surface area contributed by atoms with Crippen molar-refractivity contribution in [2.45, 2.75) is 77.7 Å². The molecule has 1 N–H and O–H groups in total. The SMILES string of the molecule is C[C@H]1[C@@H](c2ccccc2)O[C@H](c2cc(C(C)(C)C)cc(C(C)(C)C)c2O)N1C. The second kappa shape index (κ2) is 7.20. The lowest BCUT2D eigenvalue weighted by Crippen LogP contribution is -2.28. The van der Waals surface area contributed by atoms with Crippen molar-refractivity contribution in [2.75, 3.05) is 7.05 Å². The highest BCUT2D eigenvalue weighted by Gasteiger charge is 2.41. The summed E-state index contributed by atoms with van der Waals surface area (Å²) in [6.07, 6.45) is -0.296. The highest BCUT2D eigenvalue weighted by Crippen LogP contribution is 2.47. The molecule has 1 saturated heterocycles. The number of nitrogens with zero attached hydrogens (tertiary/aromatic N) is 1. The molecule has 1 aliphatic rings. The van der Waals surface area contributed by atoms with E-state index in [4.69, 9.17) is 4.74 Å². The molecule has 1 aliphatic heterocycles. The lowest BCUT2D eigenvalue weighted by molar-refractivity contribution is 0.00396. The van der Waals surface area contributed by atoms with Crippen LogP contribution in [0.15, 0.2) is 42.5 Å². The zero-order valence-electron chi connectivity index (χ0n) is 18.6. The van der Waals surface area contributed by atoms with Crippen molar-refractivity contribution in [2.24, 2.45) is 0 Å². The summed E-state index contributed by atoms with van der Waals surface area (Å²) in [6.45, 7) is 15.3. The molecule has 28 heavy (non-hydrogen) atoms. The van der Waals surface area contributed by atoms with Gasteiger partial charge in [0.25, 0.3) is 0 Å². The van der Waals surface area contributed by atoms with Crippen LogP contribution in [-0.4, -0.2) is 23.1 Å². The maximum absolute atomic E-state index is 11.2. The maximum atomic E-state index is 11.2. The van der Waals surface area contributed by atoms with Gasteiger partial charge in [0, 0.05) is 11.6 Å². The maximum Gasteiger partial charge on any atom is 0.141 e. The smallest absolute Gasteiger partial charge is 0.141 e. The van der Waals surface area contributed by atoms with E-state index in [1.165, 1.54) is 11.1 Å². The van der Waals surface area contributed by atoms with Crippen molar-refractivity contribution in [1.29, 1.82) is 0 Å². The molecule has 3 nitrogen and oxygen atoms in total. The molecule has 0 spiro atoms. The molecule has 152 valence electrons. The summed E-state index contributed by atoms with van der Waals surface area (Å²) < 4.78 is 6.54. The Hall–Kier alpha value is -1.84. The summed E-state index contributed by atoms with van der Waals surface area (Å²) in [4.78, 5) is 2.23. The Labute approximate surface area is 170 Å². The molecule has 0 bridgehead atoms. The number of rotatable bonds is 2. The van der Waals surface area contributed by atoms with Gasteiger partial charge in [0.1, 0.15) is 18.1 Å². The van der Waals surface area contributed by atoms with Crippen molar-refractivity contribution < 1.29 is 9.84 Å². The third kappa shape index (κ3) is 3.83.